The molecule has 1 atom stereocenters. The molecule has 1 unspecified atom stereocenters. The van der Waals surface area contributed by atoms with Crippen LogP contribution >= 0.6 is 23.2 Å². The lowest BCUT2D eigenvalue weighted by Gasteiger charge is -2.16. The molecule has 3 N–H and O–H groups in total. The summed E-state index contributed by atoms with van der Waals surface area (Å²) in [5.74, 6) is 0. The first-order chi connectivity index (χ1) is 8.39. The van der Waals surface area contributed by atoms with Crippen LogP contribution < -0.4 is 10.5 Å². The summed E-state index contributed by atoms with van der Waals surface area (Å²) in [6.45, 7) is 2.22. The van der Waals surface area contributed by atoms with Crippen LogP contribution in [0.5, 0.6) is 0 Å². The summed E-state index contributed by atoms with van der Waals surface area (Å²) in [6, 6.07) is 3.91. The Bertz CT molecular complexity index is 486. The Labute approximate surface area is 118 Å². The van der Waals surface area contributed by atoms with Crippen molar-refractivity contribution in [3.63, 3.8) is 0 Å². The van der Waals surface area contributed by atoms with Crippen molar-refractivity contribution < 1.29 is 8.42 Å². The van der Waals surface area contributed by atoms with Crippen molar-refractivity contribution in [2.24, 2.45) is 5.73 Å². The normalized spacial score (nSPS) is 13.6. The third-order valence-corrected chi connectivity index (χ3v) is 4.33. The van der Waals surface area contributed by atoms with Gasteiger partial charge in [0.05, 0.1) is 4.90 Å². The summed E-state index contributed by atoms with van der Waals surface area (Å²) >= 11 is 11.6. The third kappa shape index (κ3) is 4.40. The molecule has 0 amide bonds. The lowest BCUT2D eigenvalue weighted by Crippen LogP contribution is -2.39. The molecule has 0 aliphatic rings. The zero-order valence-electron chi connectivity index (χ0n) is 9.99. The fourth-order valence-electron chi connectivity index (χ4n) is 1.54. The summed E-state index contributed by atoms with van der Waals surface area (Å²) in [7, 11) is -3.64. The van der Waals surface area contributed by atoms with E-state index in [1.54, 1.807) is 0 Å². The van der Waals surface area contributed by atoms with Crippen molar-refractivity contribution in [1.82, 2.24) is 4.72 Å². The molecule has 7 heteroatoms. The average molecular weight is 311 g/mol. The van der Waals surface area contributed by atoms with E-state index in [-0.39, 0.29) is 27.5 Å². The second-order valence-corrected chi connectivity index (χ2v) is 6.53. The molecule has 0 aromatic heterocycles. The van der Waals surface area contributed by atoms with Gasteiger partial charge in [-0.15, -0.1) is 0 Å². The van der Waals surface area contributed by atoms with Crippen molar-refractivity contribution >= 4 is 33.2 Å². The molecule has 0 radical (unpaired) electrons. The topological polar surface area (TPSA) is 72.2 Å². The summed E-state index contributed by atoms with van der Waals surface area (Å²) in [4.78, 5) is 0.0505. The molecule has 0 saturated carbocycles. The highest BCUT2D eigenvalue weighted by Gasteiger charge is 2.19. The second kappa shape index (κ2) is 6.73. The minimum atomic E-state index is -3.64. The van der Waals surface area contributed by atoms with E-state index in [0.29, 0.717) is 6.42 Å². The van der Waals surface area contributed by atoms with Gasteiger partial charge in [0.25, 0.3) is 0 Å². The Hall–Kier alpha value is -0.330. The predicted molar refractivity (Wildman–Crippen MR) is 74.5 cm³/mol. The Morgan fingerprint density at radius 1 is 1.28 bits per heavy atom. The van der Waals surface area contributed by atoms with Gasteiger partial charge < -0.3 is 5.73 Å². The van der Waals surface area contributed by atoms with Crippen molar-refractivity contribution in [2.45, 2.75) is 30.7 Å². The largest absolute Gasteiger partial charge is 0.329 e. The lowest BCUT2D eigenvalue weighted by molar-refractivity contribution is 0.527. The molecule has 0 spiro atoms. The molecule has 0 heterocycles. The predicted octanol–water partition coefficient (Wildman–Crippen LogP) is 2.40. The number of benzene rings is 1. The first-order valence-electron chi connectivity index (χ1n) is 5.57. The van der Waals surface area contributed by atoms with Crippen molar-refractivity contribution in [3.8, 4) is 0 Å². The first-order valence-corrected chi connectivity index (χ1v) is 7.81. The summed E-state index contributed by atoms with van der Waals surface area (Å²) < 4.78 is 26.7. The SMILES string of the molecule is CCCC(CN)NS(=O)(=O)c1cc(Cl)cc(Cl)c1. The van der Waals surface area contributed by atoms with Gasteiger partial charge in [0.1, 0.15) is 0 Å². The zero-order valence-corrected chi connectivity index (χ0v) is 12.3. The number of nitrogens with two attached hydrogens (primary N) is 1. The fraction of sp³-hybridized carbons (Fsp3) is 0.455. The molecule has 4 nitrogen and oxygen atoms in total. The molecule has 1 aromatic carbocycles. The maximum Gasteiger partial charge on any atom is 0.240 e. The van der Waals surface area contributed by atoms with Crippen LogP contribution in [0, 0.1) is 0 Å². The fourth-order valence-corrected chi connectivity index (χ4v) is 3.55. The number of hydrogen-bond donors (Lipinski definition) is 2. The van der Waals surface area contributed by atoms with E-state index in [2.05, 4.69) is 4.72 Å². The van der Waals surface area contributed by atoms with Gasteiger partial charge in [-0.2, -0.15) is 0 Å². The van der Waals surface area contributed by atoms with E-state index in [1.165, 1.54) is 18.2 Å². The molecule has 102 valence electrons. The van der Waals surface area contributed by atoms with Crippen LogP contribution in [0.4, 0.5) is 0 Å². The van der Waals surface area contributed by atoms with E-state index in [9.17, 15) is 8.42 Å². The van der Waals surface area contributed by atoms with E-state index in [0.717, 1.165) is 6.42 Å². The number of sulfonamides is 1. The molecule has 1 rings (SSSR count). The second-order valence-electron chi connectivity index (χ2n) is 3.95. The highest BCUT2D eigenvalue weighted by molar-refractivity contribution is 7.89. The minimum absolute atomic E-state index is 0.0505. The van der Waals surface area contributed by atoms with Gasteiger partial charge in [-0.05, 0) is 24.6 Å². The smallest absolute Gasteiger partial charge is 0.240 e. The highest BCUT2D eigenvalue weighted by Crippen LogP contribution is 2.22. The molecule has 0 aliphatic heterocycles. The third-order valence-electron chi connectivity index (χ3n) is 2.39. The summed E-state index contributed by atoms with van der Waals surface area (Å²) in [5.41, 5.74) is 5.52. The van der Waals surface area contributed by atoms with E-state index < -0.39 is 10.0 Å². The first kappa shape index (κ1) is 15.7. The zero-order chi connectivity index (χ0) is 13.8. The van der Waals surface area contributed by atoms with E-state index in [4.69, 9.17) is 28.9 Å². The van der Waals surface area contributed by atoms with Crippen LogP contribution in [0.2, 0.25) is 10.0 Å². The van der Waals surface area contributed by atoms with Crippen LogP contribution in [0.1, 0.15) is 19.8 Å². The summed E-state index contributed by atoms with van der Waals surface area (Å²) in [6.07, 6.45) is 1.53. The van der Waals surface area contributed by atoms with Crippen LogP contribution in [0.3, 0.4) is 0 Å². The average Bonchev–Trinajstić information content (AvgIpc) is 2.27. The standard InChI is InChI=1S/C11H16Cl2N2O2S/c1-2-3-10(7-14)15-18(16,17)11-5-8(12)4-9(13)6-11/h4-6,10,15H,2-3,7,14H2,1H3. The van der Waals surface area contributed by atoms with Crippen molar-refractivity contribution in [3.05, 3.63) is 28.2 Å². The Morgan fingerprint density at radius 3 is 2.28 bits per heavy atom. The van der Waals surface area contributed by atoms with E-state index >= 15 is 0 Å². The molecule has 0 aliphatic carbocycles. The highest BCUT2D eigenvalue weighted by atomic mass is 35.5. The Balaban J connectivity index is 2.98. The molecule has 0 saturated heterocycles. The molecule has 0 fully saturated rings. The van der Waals surface area contributed by atoms with Crippen LogP contribution in [-0.4, -0.2) is 21.0 Å². The van der Waals surface area contributed by atoms with Gasteiger partial charge in [0.2, 0.25) is 10.0 Å². The van der Waals surface area contributed by atoms with Crippen LogP contribution in [-0.2, 0) is 10.0 Å². The van der Waals surface area contributed by atoms with Crippen LogP contribution in [0.15, 0.2) is 23.1 Å². The van der Waals surface area contributed by atoms with E-state index in [1.807, 2.05) is 6.92 Å². The maximum absolute atomic E-state index is 12.1. The van der Waals surface area contributed by atoms with Crippen molar-refractivity contribution in [2.75, 3.05) is 6.54 Å². The quantitative estimate of drug-likeness (QED) is 0.847. The molecular formula is C11H16Cl2N2O2S. The number of halogens is 2. The Kier molecular flexibility index (Phi) is 5.88. The number of rotatable bonds is 6. The van der Waals surface area contributed by atoms with Gasteiger partial charge in [-0.1, -0.05) is 36.5 Å². The molecular weight excluding hydrogens is 295 g/mol. The molecule has 0 bridgehead atoms. The monoisotopic (exact) mass is 310 g/mol. The minimum Gasteiger partial charge on any atom is -0.329 e. The van der Waals surface area contributed by atoms with Crippen molar-refractivity contribution in [1.29, 1.82) is 0 Å². The summed E-state index contributed by atoms with van der Waals surface area (Å²) in [5, 5.41) is 0.560. The van der Waals surface area contributed by atoms with Gasteiger partial charge in [0, 0.05) is 22.6 Å². The lowest BCUT2D eigenvalue weighted by atomic mass is 10.2. The van der Waals surface area contributed by atoms with Crippen LogP contribution in [0.25, 0.3) is 0 Å². The molecule has 1 aromatic rings. The van der Waals surface area contributed by atoms with Gasteiger partial charge >= 0.3 is 0 Å². The van der Waals surface area contributed by atoms with Gasteiger partial charge in [-0.3, -0.25) is 0 Å². The van der Waals surface area contributed by atoms with Gasteiger partial charge in [-0.25, -0.2) is 13.1 Å². The molecule has 18 heavy (non-hydrogen) atoms. The van der Waals surface area contributed by atoms with Gasteiger partial charge in [0.15, 0.2) is 0 Å². The number of hydrogen-bond acceptors (Lipinski definition) is 3. The Morgan fingerprint density at radius 2 is 1.83 bits per heavy atom. The number of nitrogens with one attached hydrogen (secondary N) is 1. The maximum atomic E-state index is 12.1.